The van der Waals surface area contributed by atoms with Crippen molar-refractivity contribution in [3.05, 3.63) is 206 Å². The molecule has 0 amide bonds. The van der Waals surface area contributed by atoms with Crippen LogP contribution in [0.5, 0.6) is 0 Å². The summed E-state index contributed by atoms with van der Waals surface area (Å²) in [4.78, 5) is 0. The fourth-order valence-corrected chi connectivity index (χ4v) is 8.72. The zero-order chi connectivity index (χ0) is 35.6. The minimum absolute atomic E-state index is 1.14. The van der Waals surface area contributed by atoms with Crippen LogP contribution < -0.4 is 0 Å². The Balaban J connectivity index is 1.24. The minimum Gasteiger partial charge on any atom is -0.309 e. The van der Waals surface area contributed by atoms with Crippen LogP contribution in [0.25, 0.3) is 99.1 Å². The van der Waals surface area contributed by atoms with Gasteiger partial charge in [0.2, 0.25) is 0 Å². The van der Waals surface area contributed by atoms with Gasteiger partial charge in [-0.2, -0.15) is 0 Å². The van der Waals surface area contributed by atoms with Crippen LogP contribution in [0.2, 0.25) is 0 Å². The third-order valence-electron chi connectivity index (χ3n) is 11.0. The van der Waals surface area contributed by atoms with Gasteiger partial charge in [0.25, 0.3) is 0 Å². The quantitative estimate of drug-likeness (QED) is 0.171. The minimum atomic E-state index is 1.14. The molecule has 0 N–H and O–H groups in total. The van der Waals surface area contributed by atoms with E-state index in [1.807, 2.05) is 0 Å². The molecule has 2 nitrogen and oxygen atoms in total. The van der Waals surface area contributed by atoms with Crippen LogP contribution in [0.3, 0.4) is 0 Å². The summed E-state index contributed by atoms with van der Waals surface area (Å²) in [7, 11) is 0. The maximum absolute atomic E-state index is 2.50. The van der Waals surface area contributed by atoms with Gasteiger partial charge in [-0.15, -0.1) is 0 Å². The molecule has 0 saturated carbocycles. The van der Waals surface area contributed by atoms with Gasteiger partial charge in [0.1, 0.15) is 0 Å². The highest BCUT2D eigenvalue weighted by Crippen LogP contribution is 2.47. The van der Waals surface area contributed by atoms with Gasteiger partial charge in [-0.05, 0) is 93.4 Å². The maximum atomic E-state index is 2.50. The summed E-state index contributed by atoms with van der Waals surface area (Å²) in [5.41, 5.74) is 14.4. The molecule has 0 bridgehead atoms. The van der Waals surface area contributed by atoms with E-state index in [0.29, 0.717) is 0 Å². The Labute approximate surface area is 313 Å². The molecular formula is C52H34N2. The van der Waals surface area contributed by atoms with E-state index in [1.54, 1.807) is 0 Å². The third-order valence-corrected chi connectivity index (χ3v) is 11.0. The molecule has 9 aromatic carbocycles. The number of hydrogen-bond acceptors (Lipinski definition) is 0. The topological polar surface area (TPSA) is 9.86 Å². The normalized spacial score (nSPS) is 11.7. The first-order valence-electron chi connectivity index (χ1n) is 18.6. The molecule has 0 saturated heterocycles. The molecule has 0 atom stereocenters. The van der Waals surface area contributed by atoms with Crippen molar-refractivity contribution in [2.24, 2.45) is 0 Å². The lowest BCUT2D eigenvalue weighted by atomic mass is 9.93. The summed E-state index contributed by atoms with van der Waals surface area (Å²) in [6, 6.07) is 75.1. The number of fused-ring (bicyclic) bond motifs is 10. The Morgan fingerprint density at radius 3 is 1.28 bits per heavy atom. The van der Waals surface area contributed by atoms with Crippen molar-refractivity contribution in [1.82, 2.24) is 9.13 Å². The second kappa shape index (κ2) is 12.2. The number of nitrogens with zero attached hydrogens (tertiary/aromatic N) is 2. The van der Waals surface area contributed by atoms with Crippen molar-refractivity contribution in [3.8, 4) is 44.8 Å². The molecule has 0 aliphatic rings. The summed E-state index contributed by atoms with van der Waals surface area (Å²) in [5.74, 6) is 0. The second-order valence-electron chi connectivity index (χ2n) is 14.1. The van der Waals surface area contributed by atoms with Gasteiger partial charge in [-0.3, -0.25) is 0 Å². The number of para-hydroxylation sites is 3. The van der Waals surface area contributed by atoms with E-state index >= 15 is 0 Å². The van der Waals surface area contributed by atoms with E-state index in [-0.39, 0.29) is 0 Å². The Bertz CT molecular complexity index is 3130. The molecule has 2 heterocycles. The highest BCUT2D eigenvalue weighted by molar-refractivity contribution is 6.36. The Morgan fingerprint density at radius 1 is 0.241 bits per heavy atom. The predicted molar refractivity (Wildman–Crippen MR) is 229 cm³/mol. The van der Waals surface area contributed by atoms with Gasteiger partial charge in [-0.1, -0.05) is 152 Å². The van der Waals surface area contributed by atoms with Crippen molar-refractivity contribution in [3.63, 3.8) is 0 Å². The summed E-state index contributed by atoms with van der Waals surface area (Å²) in [5, 5.41) is 7.57. The Hall–Kier alpha value is -7.16. The van der Waals surface area contributed by atoms with Gasteiger partial charge in [0.15, 0.2) is 0 Å². The highest BCUT2D eigenvalue weighted by Gasteiger charge is 2.24. The fourth-order valence-electron chi connectivity index (χ4n) is 8.72. The van der Waals surface area contributed by atoms with Crippen LogP contribution in [0.15, 0.2) is 206 Å². The Kier molecular flexibility index (Phi) is 6.90. The molecule has 252 valence electrons. The summed E-state index contributed by atoms with van der Waals surface area (Å²) >= 11 is 0. The molecule has 0 aliphatic heterocycles. The maximum Gasteiger partial charge on any atom is 0.0647 e. The van der Waals surface area contributed by atoms with E-state index in [1.165, 1.54) is 87.8 Å². The van der Waals surface area contributed by atoms with Gasteiger partial charge >= 0.3 is 0 Å². The number of hydrogen-bond donors (Lipinski definition) is 0. The summed E-state index contributed by atoms with van der Waals surface area (Å²) in [6.07, 6.45) is 0. The van der Waals surface area contributed by atoms with Crippen LogP contribution >= 0.6 is 0 Å². The molecule has 11 aromatic rings. The summed E-state index contributed by atoms with van der Waals surface area (Å²) in [6.45, 7) is 0. The highest BCUT2D eigenvalue weighted by atomic mass is 15.0. The van der Waals surface area contributed by atoms with Crippen molar-refractivity contribution < 1.29 is 0 Å². The number of rotatable bonds is 5. The van der Waals surface area contributed by atoms with Crippen molar-refractivity contribution in [2.45, 2.75) is 0 Å². The van der Waals surface area contributed by atoms with Gasteiger partial charge < -0.3 is 9.13 Å². The Morgan fingerprint density at radius 2 is 0.667 bits per heavy atom. The van der Waals surface area contributed by atoms with E-state index in [0.717, 1.165) is 11.4 Å². The van der Waals surface area contributed by atoms with Crippen LogP contribution in [0, 0.1) is 0 Å². The predicted octanol–water partition coefficient (Wildman–Crippen LogP) is 14.0. The first-order valence-corrected chi connectivity index (χ1v) is 18.6. The van der Waals surface area contributed by atoms with Crippen LogP contribution in [-0.2, 0) is 0 Å². The third kappa shape index (κ3) is 4.67. The molecule has 54 heavy (non-hydrogen) atoms. The molecule has 0 radical (unpaired) electrons. The van der Waals surface area contributed by atoms with E-state index < -0.39 is 0 Å². The van der Waals surface area contributed by atoms with Gasteiger partial charge in [-0.25, -0.2) is 0 Å². The standard InChI is InChI=1S/C52H34N2/c1-4-17-35(18-5-1)38-31-39(36-19-6-2-7-20-36)33-40(32-38)37-21-16-24-42(34-37)54-48-30-15-13-28-46(48)50-51(54)44-26-11-10-25-43(44)49-45-27-12-14-29-47(45)53(52(49)50)41-22-8-3-9-23-41/h1-34H. The average molecular weight is 687 g/mol. The van der Waals surface area contributed by atoms with Crippen LogP contribution in [0.4, 0.5) is 0 Å². The fraction of sp³-hybridized carbons (Fsp3) is 0. The molecule has 11 rings (SSSR count). The zero-order valence-corrected chi connectivity index (χ0v) is 29.5. The summed E-state index contributed by atoms with van der Waals surface area (Å²) < 4.78 is 4.98. The number of aromatic nitrogens is 2. The molecule has 0 aliphatic carbocycles. The zero-order valence-electron chi connectivity index (χ0n) is 29.5. The molecule has 0 unspecified atom stereocenters. The lowest BCUT2D eigenvalue weighted by Gasteiger charge is -2.15. The smallest absolute Gasteiger partial charge is 0.0647 e. The second-order valence-corrected chi connectivity index (χ2v) is 14.1. The molecule has 0 fully saturated rings. The molecule has 0 spiro atoms. The van der Waals surface area contributed by atoms with Crippen LogP contribution in [-0.4, -0.2) is 9.13 Å². The largest absolute Gasteiger partial charge is 0.309 e. The first kappa shape index (κ1) is 30.5. The molecule has 2 aromatic heterocycles. The number of benzene rings is 9. The van der Waals surface area contributed by atoms with Crippen molar-refractivity contribution >= 4 is 54.4 Å². The lowest BCUT2D eigenvalue weighted by Crippen LogP contribution is -1.97. The van der Waals surface area contributed by atoms with E-state index in [4.69, 9.17) is 0 Å². The van der Waals surface area contributed by atoms with E-state index in [9.17, 15) is 0 Å². The molecule has 2 heteroatoms. The van der Waals surface area contributed by atoms with Gasteiger partial charge in [0, 0.05) is 38.3 Å². The monoisotopic (exact) mass is 686 g/mol. The van der Waals surface area contributed by atoms with E-state index in [2.05, 4.69) is 215 Å². The van der Waals surface area contributed by atoms with Crippen LogP contribution in [0.1, 0.15) is 0 Å². The van der Waals surface area contributed by atoms with Crippen molar-refractivity contribution in [2.75, 3.05) is 0 Å². The van der Waals surface area contributed by atoms with Crippen molar-refractivity contribution in [1.29, 1.82) is 0 Å². The van der Waals surface area contributed by atoms with Gasteiger partial charge in [0.05, 0.1) is 22.1 Å². The average Bonchev–Trinajstić information content (AvgIpc) is 3.79. The molecular weight excluding hydrogens is 653 g/mol. The lowest BCUT2D eigenvalue weighted by molar-refractivity contribution is 1.18. The first-order chi connectivity index (χ1) is 26.8. The SMILES string of the molecule is c1ccc(-c2cc(-c3ccccc3)cc(-c3cccc(-n4c5ccccc5c5c4c4ccccc4c4c6ccccc6n(-c6ccccc6)c45)c3)c2)cc1.